The summed E-state index contributed by atoms with van der Waals surface area (Å²) in [5.74, 6) is 0.735. The molecule has 6 heteroatoms. The average Bonchev–Trinajstić information content (AvgIpc) is 2.50. The van der Waals surface area contributed by atoms with E-state index in [9.17, 15) is 0 Å². The van der Waals surface area contributed by atoms with Gasteiger partial charge in [0.15, 0.2) is 5.96 Å². The van der Waals surface area contributed by atoms with Crippen LogP contribution in [0.3, 0.4) is 0 Å². The number of hydrogen-bond donors (Lipinski definition) is 2. The van der Waals surface area contributed by atoms with Crippen molar-refractivity contribution in [1.82, 2.24) is 15.6 Å². The first kappa shape index (κ1) is 16.6. The van der Waals surface area contributed by atoms with Gasteiger partial charge in [-0.1, -0.05) is 29.3 Å². The maximum atomic E-state index is 5.99. The van der Waals surface area contributed by atoms with Crippen molar-refractivity contribution in [2.75, 3.05) is 13.6 Å². The average molecular weight is 337 g/mol. The van der Waals surface area contributed by atoms with Crippen molar-refractivity contribution in [2.24, 2.45) is 4.99 Å². The van der Waals surface area contributed by atoms with Gasteiger partial charge in [-0.15, -0.1) is 0 Å². The standard InChI is InChI=1S/C16H18Cl2N4/c1-19-16(22-11-15-4-2-3-6-20-15)21-7-5-12-8-13(17)10-14(18)9-12/h2-4,6,8-10H,5,7,11H2,1H3,(H2,19,21,22). The summed E-state index contributed by atoms with van der Waals surface area (Å²) in [4.78, 5) is 8.44. The van der Waals surface area contributed by atoms with Gasteiger partial charge in [-0.05, 0) is 42.3 Å². The maximum absolute atomic E-state index is 5.99. The van der Waals surface area contributed by atoms with Crippen LogP contribution < -0.4 is 10.6 Å². The summed E-state index contributed by atoms with van der Waals surface area (Å²) in [6, 6.07) is 11.4. The van der Waals surface area contributed by atoms with Crippen molar-refractivity contribution in [3.05, 3.63) is 63.9 Å². The Morgan fingerprint density at radius 1 is 1.14 bits per heavy atom. The van der Waals surface area contributed by atoms with Crippen molar-refractivity contribution >= 4 is 29.2 Å². The second kappa shape index (κ2) is 8.61. The van der Waals surface area contributed by atoms with Gasteiger partial charge in [0.1, 0.15) is 0 Å². The summed E-state index contributed by atoms with van der Waals surface area (Å²) in [7, 11) is 1.74. The Bertz CT molecular complexity index is 609. The van der Waals surface area contributed by atoms with Gasteiger partial charge < -0.3 is 10.6 Å². The van der Waals surface area contributed by atoms with Gasteiger partial charge in [0.2, 0.25) is 0 Å². The molecular formula is C16H18Cl2N4. The second-order valence-electron chi connectivity index (χ2n) is 4.70. The van der Waals surface area contributed by atoms with Crippen molar-refractivity contribution in [1.29, 1.82) is 0 Å². The number of benzene rings is 1. The number of guanidine groups is 1. The highest BCUT2D eigenvalue weighted by atomic mass is 35.5. The highest BCUT2D eigenvalue weighted by Gasteiger charge is 2.01. The van der Waals surface area contributed by atoms with Gasteiger partial charge in [0.05, 0.1) is 12.2 Å². The molecule has 0 aliphatic carbocycles. The number of halogens is 2. The molecule has 0 aliphatic rings. The number of aliphatic imine (C=N–C) groups is 1. The molecule has 2 N–H and O–H groups in total. The molecule has 0 radical (unpaired) electrons. The number of nitrogens with zero attached hydrogens (tertiary/aromatic N) is 2. The summed E-state index contributed by atoms with van der Waals surface area (Å²) < 4.78 is 0. The zero-order valence-corrected chi connectivity index (χ0v) is 13.8. The van der Waals surface area contributed by atoms with E-state index in [1.807, 2.05) is 30.3 Å². The fourth-order valence-corrected chi connectivity index (χ4v) is 2.55. The van der Waals surface area contributed by atoms with Crippen LogP contribution in [0.15, 0.2) is 47.6 Å². The molecule has 0 spiro atoms. The van der Waals surface area contributed by atoms with E-state index in [0.717, 1.165) is 30.2 Å². The maximum Gasteiger partial charge on any atom is 0.191 e. The summed E-state index contributed by atoms with van der Waals surface area (Å²) in [6.45, 7) is 1.36. The van der Waals surface area contributed by atoms with Crippen LogP contribution in [-0.2, 0) is 13.0 Å². The first-order valence-corrected chi connectivity index (χ1v) is 7.72. The minimum atomic E-state index is 0.628. The molecule has 0 fully saturated rings. The van der Waals surface area contributed by atoms with Crippen molar-refractivity contribution in [3.8, 4) is 0 Å². The molecule has 2 rings (SSSR count). The molecule has 0 atom stereocenters. The van der Waals surface area contributed by atoms with E-state index < -0.39 is 0 Å². The predicted octanol–water partition coefficient (Wildman–Crippen LogP) is 3.30. The van der Waals surface area contributed by atoms with Crippen LogP contribution in [0, 0.1) is 0 Å². The van der Waals surface area contributed by atoms with Gasteiger partial charge in [-0.2, -0.15) is 0 Å². The molecule has 116 valence electrons. The zero-order chi connectivity index (χ0) is 15.8. The Morgan fingerprint density at radius 3 is 2.55 bits per heavy atom. The van der Waals surface area contributed by atoms with Crippen molar-refractivity contribution < 1.29 is 0 Å². The Balaban J connectivity index is 1.79. The summed E-state index contributed by atoms with van der Waals surface area (Å²) in [5, 5.41) is 7.78. The lowest BCUT2D eigenvalue weighted by atomic mass is 10.1. The van der Waals surface area contributed by atoms with Crippen LogP contribution in [-0.4, -0.2) is 24.5 Å². The molecule has 0 amide bonds. The quantitative estimate of drug-likeness (QED) is 0.650. The lowest BCUT2D eigenvalue weighted by Gasteiger charge is -2.11. The van der Waals surface area contributed by atoms with Crippen LogP contribution in [0.5, 0.6) is 0 Å². The Morgan fingerprint density at radius 2 is 1.91 bits per heavy atom. The normalized spacial score (nSPS) is 11.3. The second-order valence-corrected chi connectivity index (χ2v) is 5.57. The molecule has 2 aromatic rings. The summed E-state index contributed by atoms with van der Waals surface area (Å²) in [6.07, 6.45) is 2.58. The summed E-state index contributed by atoms with van der Waals surface area (Å²) in [5.41, 5.74) is 2.05. The molecule has 0 bridgehead atoms. The molecule has 0 saturated heterocycles. The minimum Gasteiger partial charge on any atom is -0.356 e. The lowest BCUT2D eigenvalue weighted by molar-refractivity contribution is 0.783. The SMILES string of the molecule is CN=C(NCCc1cc(Cl)cc(Cl)c1)NCc1ccccn1. The Hall–Kier alpha value is -1.78. The molecular weight excluding hydrogens is 319 g/mol. The Labute approximate surface area is 140 Å². The summed E-state index contributed by atoms with van der Waals surface area (Å²) >= 11 is 12.0. The molecule has 4 nitrogen and oxygen atoms in total. The molecule has 1 aromatic heterocycles. The highest BCUT2D eigenvalue weighted by Crippen LogP contribution is 2.19. The first-order chi connectivity index (χ1) is 10.7. The van der Waals surface area contributed by atoms with Crippen LogP contribution in [0.1, 0.15) is 11.3 Å². The first-order valence-electron chi connectivity index (χ1n) is 6.97. The monoisotopic (exact) mass is 336 g/mol. The van der Waals surface area contributed by atoms with E-state index in [4.69, 9.17) is 23.2 Å². The van der Waals surface area contributed by atoms with Crippen molar-refractivity contribution in [2.45, 2.75) is 13.0 Å². The van der Waals surface area contributed by atoms with Gasteiger partial charge in [0, 0.05) is 29.8 Å². The van der Waals surface area contributed by atoms with Gasteiger partial charge >= 0.3 is 0 Å². The van der Waals surface area contributed by atoms with Gasteiger partial charge in [-0.25, -0.2) is 0 Å². The molecule has 0 saturated carbocycles. The highest BCUT2D eigenvalue weighted by molar-refractivity contribution is 6.34. The van der Waals surface area contributed by atoms with E-state index in [-0.39, 0.29) is 0 Å². The largest absolute Gasteiger partial charge is 0.356 e. The minimum absolute atomic E-state index is 0.628. The fourth-order valence-electron chi connectivity index (χ4n) is 1.98. The predicted molar refractivity (Wildman–Crippen MR) is 92.6 cm³/mol. The van der Waals surface area contributed by atoms with Gasteiger partial charge in [-0.3, -0.25) is 9.98 Å². The van der Waals surface area contributed by atoms with Crippen LogP contribution in [0.25, 0.3) is 0 Å². The third kappa shape index (κ3) is 5.54. The lowest BCUT2D eigenvalue weighted by Crippen LogP contribution is -2.38. The van der Waals surface area contributed by atoms with Crippen LogP contribution in [0.2, 0.25) is 10.0 Å². The fraction of sp³-hybridized carbons (Fsp3) is 0.250. The van der Waals surface area contributed by atoms with E-state index in [0.29, 0.717) is 16.6 Å². The number of rotatable bonds is 5. The van der Waals surface area contributed by atoms with Crippen molar-refractivity contribution in [3.63, 3.8) is 0 Å². The van der Waals surface area contributed by atoms with E-state index >= 15 is 0 Å². The number of aromatic nitrogens is 1. The third-order valence-corrected chi connectivity index (χ3v) is 3.45. The van der Waals surface area contributed by atoms with Gasteiger partial charge in [0.25, 0.3) is 0 Å². The molecule has 1 aromatic carbocycles. The van der Waals surface area contributed by atoms with E-state index in [1.165, 1.54) is 0 Å². The number of hydrogen-bond acceptors (Lipinski definition) is 2. The zero-order valence-electron chi connectivity index (χ0n) is 12.3. The van der Waals surface area contributed by atoms with Crippen LogP contribution >= 0.6 is 23.2 Å². The number of pyridine rings is 1. The molecule has 0 unspecified atom stereocenters. The molecule has 0 aliphatic heterocycles. The van der Waals surface area contributed by atoms with Crippen LogP contribution in [0.4, 0.5) is 0 Å². The Kier molecular flexibility index (Phi) is 6.49. The molecule has 22 heavy (non-hydrogen) atoms. The number of nitrogens with one attached hydrogen (secondary N) is 2. The third-order valence-electron chi connectivity index (χ3n) is 3.02. The smallest absolute Gasteiger partial charge is 0.191 e. The van der Waals surface area contributed by atoms with E-state index in [2.05, 4.69) is 20.6 Å². The molecule has 1 heterocycles. The van der Waals surface area contributed by atoms with E-state index in [1.54, 1.807) is 19.3 Å². The topological polar surface area (TPSA) is 49.3 Å².